The molecule has 0 bridgehead atoms. The number of carbonyl (C=O) groups is 1. The maximum absolute atomic E-state index is 12.1. The highest BCUT2D eigenvalue weighted by molar-refractivity contribution is 7.99. The number of anilines is 1. The molecule has 2 heterocycles. The van der Waals surface area contributed by atoms with E-state index in [0.29, 0.717) is 22.7 Å². The van der Waals surface area contributed by atoms with Crippen LogP contribution in [0.25, 0.3) is 11.4 Å². The van der Waals surface area contributed by atoms with Crippen LogP contribution in [-0.4, -0.2) is 43.7 Å². The topological polar surface area (TPSA) is 94.8 Å². The highest BCUT2D eigenvalue weighted by Gasteiger charge is 2.16. The number of aromatic nitrogens is 5. The largest absolute Gasteiger partial charge is 0.497 e. The van der Waals surface area contributed by atoms with Crippen LogP contribution in [0, 0.1) is 6.92 Å². The van der Waals surface area contributed by atoms with E-state index in [1.54, 1.807) is 13.2 Å². The van der Waals surface area contributed by atoms with Crippen molar-refractivity contribution in [2.75, 3.05) is 18.2 Å². The summed E-state index contributed by atoms with van der Waals surface area (Å²) in [7, 11) is 1.62. The molecule has 3 aromatic rings. The van der Waals surface area contributed by atoms with Crippen molar-refractivity contribution in [3.05, 3.63) is 41.9 Å². The molecule has 1 aromatic carbocycles. The van der Waals surface area contributed by atoms with Gasteiger partial charge in [0, 0.05) is 12.1 Å². The van der Waals surface area contributed by atoms with E-state index in [2.05, 4.69) is 32.3 Å². The molecule has 0 saturated heterocycles. The van der Waals surface area contributed by atoms with Gasteiger partial charge in [-0.25, -0.2) is 0 Å². The van der Waals surface area contributed by atoms with Gasteiger partial charge < -0.3 is 4.74 Å². The van der Waals surface area contributed by atoms with Gasteiger partial charge in [0.1, 0.15) is 10.8 Å². The summed E-state index contributed by atoms with van der Waals surface area (Å²) in [6.07, 6.45) is 1.77. The minimum atomic E-state index is -0.174. The van der Waals surface area contributed by atoms with E-state index in [9.17, 15) is 4.79 Å². The number of carbonyl (C=O) groups excluding carboxylic acids is 1. The molecule has 0 saturated carbocycles. The Balaban J connectivity index is 1.74. The minimum Gasteiger partial charge on any atom is -0.497 e. The van der Waals surface area contributed by atoms with Crippen molar-refractivity contribution in [3.63, 3.8) is 0 Å². The molecule has 10 heteroatoms. The zero-order valence-electron chi connectivity index (χ0n) is 14.9. The Morgan fingerprint density at radius 3 is 2.93 bits per heavy atom. The third kappa shape index (κ3) is 4.72. The van der Waals surface area contributed by atoms with E-state index >= 15 is 0 Å². The number of aryl methyl sites for hydroxylation is 1. The molecule has 2 aromatic heterocycles. The first-order valence-electron chi connectivity index (χ1n) is 8.02. The van der Waals surface area contributed by atoms with Crippen molar-refractivity contribution in [2.45, 2.75) is 18.6 Å². The predicted molar refractivity (Wildman–Crippen MR) is 106 cm³/mol. The Labute approximate surface area is 164 Å². The van der Waals surface area contributed by atoms with Crippen LogP contribution in [0.1, 0.15) is 5.01 Å². The molecular weight excluding hydrogens is 384 g/mol. The molecule has 27 heavy (non-hydrogen) atoms. The summed E-state index contributed by atoms with van der Waals surface area (Å²) < 4.78 is 7.19. The second kappa shape index (κ2) is 8.78. The standard InChI is InChI=1S/C17H18N6O2S2/c1-4-8-23-15(12-6-5-7-13(9-12)25-3)20-22-17(23)26-10-14(24)18-16-21-19-11(2)27-16/h4-7,9H,1,8,10H2,2-3H3,(H,18,21,24). The van der Waals surface area contributed by atoms with Gasteiger partial charge in [0.25, 0.3) is 0 Å². The molecule has 0 fully saturated rings. The number of allylic oxidation sites excluding steroid dienone is 1. The molecule has 0 aliphatic rings. The first kappa shape index (κ1) is 19.1. The van der Waals surface area contributed by atoms with Crippen LogP contribution in [-0.2, 0) is 11.3 Å². The van der Waals surface area contributed by atoms with Crippen molar-refractivity contribution >= 4 is 34.1 Å². The zero-order valence-corrected chi connectivity index (χ0v) is 16.5. The average Bonchev–Trinajstić information content (AvgIpc) is 3.26. The Morgan fingerprint density at radius 2 is 2.22 bits per heavy atom. The number of nitrogens with zero attached hydrogens (tertiary/aromatic N) is 5. The number of hydrogen-bond acceptors (Lipinski definition) is 8. The summed E-state index contributed by atoms with van der Waals surface area (Å²) in [4.78, 5) is 12.1. The monoisotopic (exact) mass is 402 g/mol. The fourth-order valence-electron chi connectivity index (χ4n) is 2.30. The highest BCUT2D eigenvalue weighted by Crippen LogP contribution is 2.26. The van der Waals surface area contributed by atoms with Crippen molar-refractivity contribution in [3.8, 4) is 17.1 Å². The number of amides is 1. The van der Waals surface area contributed by atoms with E-state index in [1.165, 1.54) is 23.1 Å². The van der Waals surface area contributed by atoms with Crippen LogP contribution in [0.15, 0.2) is 42.1 Å². The van der Waals surface area contributed by atoms with Gasteiger partial charge in [-0.15, -0.1) is 27.0 Å². The van der Waals surface area contributed by atoms with E-state index in [-0.39, 0.29) is 11.7 Å². The van der Waals surface area contributed by atoms with Gasteiger partial charge in [-0.05, 0) is 19.1 Å². The Kier molecular flexibility index (Phi) is 6.20. The van der Waals surface area contributed by atoms with Crippen LogP contribution in [0.2, 0.25) is 0 Å². The molecule has 1 amide bonds. The van der Waals surface area contributed by atoms with Gasteiger partial charge in [-0.1, -0.05) is 41.3 Å². The third-order valence-corrected chi connectivity index (χ3v) is 5.18. The van der Waals surface area contributed by atoms with Crippen molar-refractivity contribution in [2.24, 2.45) is 0 Å². The van der Waals surface area contributed by atoms with Crippen LogP contribution < -0.4 is 10.1 Å². The molecule has 3 rings (SSSR count). The molecular formula is C17H18N6O2S2. The number of thioether (sulfide) groups is 1. The maximum Gasteiger partial charge on any atom is 0.236 e. The molecule has 0 aliphatic carbocycles. The average molecular weight is 403 g/mol. The number of nitrogens with one attached hydrogen (secondary N) is 1. The molecule has 140 valence electrons. The summed E-state index contributed by atoms with van der Waals surface area (Å²) in [6, 6.07) is 7.59. The normalized spacial score (nSPS) is 10.6. The molecule has 0 aliphatic heterocycles. The molecule has 0 atom stereocenters. The lowest BCUT2D eigenvalue weighted by molar-refractivity contribution is -0.113. The highest BCUT2D eigenvalue weighted by atomic mass is 32.2. The van der Waals surface area contributed by atoms with Gasteiger partial charge in [-0.3, -0.25) is 14.7 Å². The fourth-order valence-corrected chi connectivity index (χ4v) is 3.65. The summed E-state index contributed by atoms with van der Waals surface area (Å²) in [5, 5.41) is 20.9. The van der Waals surface area contributed by atoms with Crippen molar-refractivity contribution in [1.29, 1.82) is 0 Å². The number of ether oxygens (including phenoxy) is 1. The molecule has 1 N–H and O–H groups in total. The summed E-state index contributed by atoms with van der Waals surface area (Å²) in [5.41, 5.74) is 0.879. The zero-order chi connectivity index (χ0) is 19.2. The molecule has 0 spiro atoms. The predicted octanol–water partition coefficient (Wildman–Crippen LogP) is 3.03. The van der Waals surface area contributed by atoms with Crippen molar-refractivity contribution in [1.82, 2.24) is 25.0 Å². The lowest BCUT2D eigenvalue weighted by Crippen LogP contribution is -2.14. The van der Waals surface area contributed by atoms with Gasteiger partial charge in [0.2, 0.25) is 11.0 Å². The van der Waals surface area contributed by atoms with Gasteiger partial charge in [0.05, 0.1) is 12.9 Å². The van der Waals surface area contributed by atoms with E-state index < -0.39 is 0 Å². The lowest BCUT2D eigenvalue weighted by atomic mass is 10.2. The van der Waals surface area contributed by atoms with Crippen LogP contribution in [0.5, 0.6) is 5.75 Å². The van der Waals surface area contributed by atoms with Gasteiger partial charge >= 0.3 is 0 Å². The maximum atomic E-state index is 12.1. The smallest absolute Gasteiger partial charge is 0.236 e. The number of hydrogen-bond donors (Lipinski definition) is 1. The second-order valence-corrected chi connectivity index (χ2v) is 7.52. The summed E-state index contributed by atoms with van der Waals surface area (Å²) in [6.45, 7) is 6.16. The Bertz CT molecular complexity index is 953. The summed E-state index contributed by atoms with van der Waals surface area (Å²) >= 11 is 2.63. The third-order valence-electron chi connectivity index (χ3n) is 3.46. The van der Waals surface area contributed by atoms with Gasteiger partial charge in [0.15, 0.2) is 11.0 Å². The minimum absolute atomic E-state index is 0.174. The molecule has 0 radical (unpaired) electrons. The number of rotatable bonds is 8. The first-order valence-corrected chi connectivity index (χ1v) is 9.82. The SMILES string of the molecule is C=CCn1c(SCC(=O)Nc2nnc(C)s2)nnc1-c1cccc(OC)c1. The Morgan fingerprint density at radius 1 is 1.37 bits per heavy atom. The quantitative estimate of drug-likeness (QED) is 0.457. The number of benzene rings is 1. The van der Waals surface area contributed by atoms with E-state index in [1.807, 2.05) is 35.8 Å². The lowest BCUT2D eigenvalue weighted by Gasteiger charge is -2.08. The Hall–Kier alpha value is -2.72. The molecule has 0 unspecified atom stereocenters. The first-order chi connectivity index (χ1) is 13.1. The second-order valence-electron chi connectivity index (χ2n) is 5.40. The summed E-state index contributed by atoms with van der Waals surface area (Å²) in [5.74, 6) is 1.44. The number of methoxy groups -OCH3 is 1. The van der Waals surface area contributed by atoms with E-state index in [4.69, 9.17) is 4.74 Å². The van der Waals surface area contributed by atoms with Crippen LogP contribution in [0.4, 0.5) is 5.13 Å². The van der Waals surface area contributed by atoms with Crippen molar-refractivity contribution < 1.29 is 9.53 Å². The van der Waals surface area contributed by atoms with Crippen LogP contribution in [0.3, 0.4) is 0 Å². The van der Waals surface area contributed by atoms with Crippen LogP contribution >= 0.6 is 23.1 Å². The molecule has 8 nitrogen and oxygen atoms in total. The van der Waals surface area contributed by atoms with Gasteiger partial charge in [-0.2, -0.15) is 0 Å². The van der Waals surface area contributed by atoms with E-state index in [0.717, 1.165) is 16.3 Å². The fraction of sp³-hybridized carbons (Fsp3) is 0.235.